The number of aryl methyl sites for hydroxylation is 2. The van der Waals surface area contributed by atoms with Gasteiger partial charge >= 0.3 is 0 Å². The van der Waals surface area contributed by atoms with E-state index in [1.165, 1.54) is 48.9 Å². The maximum Gasteiger partial charge on any atom is 0.230 e. The maximum atomic E-state index is 13.2. The van der Waals surface area contributed by atoms with Crippen LogP contribution in [0, 0.1) is 11.8 Å². The summed E-state index contributed by atoms with van der Waals surface area (Å²) in [5.74, 6) is 1.50. The first-order valence-corrected chi connectivity index (χ1v) is 11.4. The molecule has 3 rings (SSSR count). The number of rotatable bonds is 8. The van der Waals surface area contributed by atoms with Gasteiger partial charge < -0.3 is 10.6 Å². The molecule has 0 radical (unpaired) electrons. The van der Waals surface area contributed by atoms with Gasteiger partial charge in [-0.1, -0.05) is 38.3 Å². The van der Waals surface area contributed by atoms with Crippen molar-refractivity contribution in [2.24, 2.45) is 17.6 Å². The Kier molecular flexibility index (Phi) is 7.75. The Hall–Kier alpha value is -1.35. The van der Waals surface area contributed by atoms with Gasteiger partial charge in [-0.25, -0.2) is 0 Å². The predicted molar refractivity (Wildman–Crippen MR) is 114 cm³/mol. The van der Waals surface area contributed by atoms with Crippen LogP contribution in [0.3, 0.4) is 0 Å². The monoisotopic (exact) mass is 370 g/mol. The summed E-state index contributed by atoms with van der Waals surface area (Å²) in [6.07, 6.45) is 14.2. The number of carbonyl (C=O) groups excluding carboxylic acids is 1. The molecule has 3 heteroatoms. The van der Waals surface area contributed by atoms with Crippen molar-refractivity contribution in [3.63, 3.8) is 0 Å². The SMILES string of the molecule is CCCCC1CCC(C(=O)N2CCCc3cc(CCCCN)ccc32)CC1. The minimum absolute atomic E-state index is 0.248. The fourth-order valence-corrected chi connectivity index (χ4v) is 4.92. The highest BCUT2D eigenvalue weighted by Gasteiger charge is 2.31. The van der Waals surface area contributed by atoms with E-state index in [1.807, 2.05) is 0 Å². The van der Waals surface area contributed by atoms with Crippen LogP contribution in [0.1, 0.15) is 82.3 Å². The quantitative estimate of drug-likeness (QED) is 0.636. The summed E-state index contributed by atoms with van der Waals surface area (Å²) in [5, 5.41) is 0. The lowest BCUT2D eigenvalue weighted by molar-refractivity contribution is -0.123. The Morgan fingerprint density at radius 1 is 1.15 bits per heavy atom. The number of fused-ring (bicyclic) bond motifs is 1. The van der Waals surface area contributed by atoms with Gasteiger partial charge in [0.15, 0.2) is 0 Å². The molecule has 0 bridgehead atoms. The molecule has 1 saturated carbocycles. The van der Waals surface area contributed by atoms with Crippen molar-refractivity contribution in [3.05, 3.63) is 29.3 Å². The van der Waals surface area contributed by atoms with Crippen LogP contribution in [0.4, 0.5) is 5.69 Å². The standard InChI is InChI=1S/C24H38N2O/c1-2-3-7-19-10-13-21(14-11-19)24(27)26-17-6-9-22-18-20(8-4-5-16-25)12-15-23(22)26/h12,15,18-19,21H,2-11,13-14,16-17,25H2,1H3. The zero-order valence-corrected chi connectivity index (χ0v) is 17.2. The molecule has 0 unspecified atom stereocenters. The predicted octanol–water partition coefficient (Wildman–Crippen LogP) is 5.24. The van der Waals surface area contributed by atoms with Gasteiger partial charge in [0.1, 0.15) is 0 Å². The Balaban J connectivity index is 1.61. The fraction of sp³-hybridized carbons (Fsp3) is 0.708. The molecule has 1 aliphatic heterocycles. The number of hydrogen-bond donors (Lipinski definition) is 1. The summed E-state index contributed by atoms with van der Waals surface area (Å²) in [6, 6.07) is 6.77. The third-order valence-corrected chi connectivity index (χ3v) is 6.61. The average molecular weight is 371 g/mol. The van der Waals surface area contributed by atoms with E-state index < -0.39 is 0 Å². The highest BCUT2D eigenvalue weighted by Crippen LogP contribution is 2.36. The van der Waals surface area contributed by atoms with Crippen LogP contribution in [0.25, 0.3) is 0 Å². The van der Waals surface area contributed by atoms with Crippen molar-refractivity contribution >= 4 is 11.6 Å². The number of unbranched alkanes of at least 4 members (excludes halogenated alkanes) is 2. The molecular weight excluding hydrogens is 332 g/mol. The first-order valence-electron chi connectivity index (χ1n) is 11.4. The molecule has 3 nitrogen and oxygen atoms in total. The minimum Gasteiger partial charge on any atom is -0.330 e. The molecule has 0 atom stereocenters. The Labute approximate surface area is 165 Å². The molecule has 0 aromatic heterocycles. The number of carbonyl (C=O) groups is 1. The molecule has 1 aliphatic carbocycles. The van der Waals surface area contributed by atoms with E-state index in [2.05, 4.69) is 30.0 Å². The van der Waals surface area contributed by atoms with Crippen molar-refractivity contribution in [2.75, 3.05) is 18.0 Å². The molecule has 150 valence electrons. The molecule has 1 amide bonds. The van der Waals surface area contributed by atoms with Crippen molar-refractivity contribution < 1.29 is 4.79 Å². The zero-order valence-electron chi connectivity index (χ0n) is 17.2. The number of hydrogen-bond acceptors (Lipinski definition) is 2. The van der Waals surface area contributed by atoms with Crippen molar-refractivity contribution in [3.8, 4) is 0 Å². The number of benzene rings is 1. The fourth-order valence-electron chi connectivity index (χ4n) is 4.92. The van der Waals surface area contributed by atoms with Gasteiger partial charge in [-0.3, -0.25) is 4.79 Å². The number of nitrogens with zero attached hydrogens (tertiary/aromatic N) is 1. The average Bonchev–Trinajstić information content (AvgIpc) is 2.71. The van der Waals surface area contributed by atoms with Crippen molar-refractivity contribution in [2.45, 2.75) is 84.0 Å². The number of anilines is 1. The molecule has 1 aromatic carbocycles. The number of nitrogens with two attached hydrogens (primary N) is 1. The normalized spacial score (nSPS) is 22.5. The molecular formula is C24H38N2O. The molecule has 0 spiro atoms. The summed E-state index contributed by atoms with van der Waals surface area (Å²) in [5.41, 5.74) is 9.56. The van der Waals surface area contributed by atoms with Crippen LogP contribution in [0.5, 0.6) is 0 Å². The van der Waals surface area contributed by atoms with Gasteiger partial charge in [-0.2, -0.15) is 0 Å². The van der Waals surface area contributed by atoms with Crippen LogP contribution in [0.2, 0.25) is 0 Å². The van der Waals surface area contributed by atoms with Gasteiger partial charge in [0, 0.05) is 18.2 Å². The van der Waals surface area contributed by atoms with Crippen LogP contribution in [-0.4, -0.2) is 19.0 Å². The van der Waals surface area contributed by atoms with E-state index >= 15 is 0 Å². The first kappa shape index (κ1) is 20.4. The molecule has 1 fully saturated rings. The zero-order chi connectivity index (χ0) is 19.1. The van der Waals surface area contributed by atoms with E-state index in [4.69, 9.17) is 5.73 Å². The maximum absolute atomic E-state index is 13.2. The smallest absolute Gasteiger partial charge is 0.230 e. The Morgan fingerprint density at radius 2 is 1.96 bits per heavy atom. The largest absolute Gasteiger partial charge is 0.330 e. The first-order chi connectivity index (χ1) is 13.2. The van der Waals surface area contributed by atoms with E-state index in [-0.39, 0.29) is 5.92 Å². The Bertz CT molecular complexity index is 604. The molecule has 2 N–H and O–H groups in total. The van der Waals surface area contributed by atoms with Crippen molar-refractivity contribution in [1.29, 1.82) is 0 Å². The van der Waals surface area contributed by atoms with Crippen LogP contribution < -0.4 is 10.6 Å². The molecule has 1 heterocycles. The summed E-state index contributed by atoms with van der Waals surface area (Å²) in [6.45, 7) is 3.94. The molecule has 27 heavy (non-hydrogen) atoms. The molecule has 2 aliphatic rings. The van der Waals surface area contributed by atoms with Gasteiger partial charge in [0.2, 0.25) is 5.91 Å². The van der Waals surface area contributed by atoms with Crippen LogP contribution in [-0.2, 0) is 17.6 Å². The highest BCUT2D eigenvalue weighted by molar-refractivity contribution is 5.96. The van der Waals surface area contributed by atoms with E-state index in [1.54, 1.807) is 0 Å². The minimum atomic E-state index is 0.248. The molecule has 0 saturated heterocycles. The molecule has 1 aromatic rings. The second kappa shape index (κ2) is 10.3. The van der Waals surface area contributed by atoms with Gasteiger partial charge in [-0.05, 0) is 87.4 Å². The highest BCUT2D eigenvalue weighted by atomic mass is 16.2. The lowest BCUT2D eigenvalue weighted by Gasteiger charge is -2.35. The summed E-state index contributed by atoms with van der Waals surface area (Å²) in [7, 11) is 0. The van der Waals surface area contributed by atoms with Crippen LogP contribution in [0.15, 0.2) is 18.2 Å². The Morgan fingerprint density at radius 3 is 2.70 bits per heavy atom. The summed E-state index contributed by atoms with van der Waals surface area (Å²) >= 11 is 0. The van der Waals surface area contributed by atoms with Crippen LogP contribution >= 0.6 is 0 Å². The third kappa shape index (κ3) is 5.34. The van der Waals surface area contributed by atoms with Gasteiger partial charge in [-0.15, -0.1) is 0 Å². The summed E-state index contributed by atoms with van der Waals surface area (Å²) < 4.78 is 0. The topological polar surface area (TPSA) is 46.3 Å². The van der Waals surface area contributed by atoms with Gasteiger partial charge in [0.25, 0.3) is 0 Å². The summed E-state index contributed by atoms with van der Waals surface area (Å²) in [4.78, 5) is 15.4. The van der Waals surface area contributed by atoms with E-state index in [0.717, 1.165) is 64.0 Å². The lowest BCUT2D eigenvalue weighted by atomic mass is 9.79. The van der Waals surface area contributed by atoms with Gasteiger partial charge in [0.05, 0.1) is 0 Å². The van der Waals surface area contributed by atoms with E-state index in [0.29, 0.717) is 5.91 Å². The number of amides is 1. The second-order valence-corrected chi connectivity index (χ2v) is 8.66. The van der Waals surface area contributed by atoms with Crippen molar-refractivity contribution in [1.82, 2.24) is 0 Å². The lowest BCUT2D eigenvalue weighted by Crippen LogP contribution is -2.40. The second-order valence-electron chi connectivity index (χ2n) is 8.66. The third-order valence-electron chi connectivity index (χ3n) is 6.61. The van der Waals surface area contributed by atoms with E-state index in [9.17, 15) is 4.79 Å².